The first-order chi connectivity index (χ1) is 13.6. The third-order valence-electron chi connectivity index (χ3n) is 5.82. The third-order valence-corrected chi connectivity index (χ3v) is 5.82. The average Bonchev–Trinajstić information content (AvgIpc) is 3.22. The summed E-state index contributed by atoms with van der Waals surface area (Å²) >= 11 is 0. The maximum Gasteiger partial charge on any atom is 0.227 e. The summed E-state index contributed by atoms with van der Waals surface area (Å²) in [5.74, 6) is 0.604. The molecule has 1 saturated heterocycles. The number of nitrogens with zero attached hydrogens (tertiary/aromatic N) is 4. The number of carbonyl (C=O) groups excluding carboxylic acids is 1. The number of rotatable bonds is 6. The Morgan fingerprint density at radius 1 is 1.21 bits per heavy atom. The number of anilines is 1. The van der Waals surface area contributed by atoms with Gasteiger partial charge in [0.05, 0.1) is 18.9 Å². The van der Waals surface area contributed by atoms with Crippen LogP contribution in [0.4, 0.5) is 5.69 Å². The van der Waals surface area contributed by atoms with Gasteiger partial charge in [0.2, 0.25) is 5.91 Å². The minimum atomic E-state index is 0.221. The molecule has 0 radical (unpaired) electrons. The van der Waals surface area contributed by atoms with Gasteiger partial charge in [0.25, 0.3) is 0 Å². The van der Waals surface area contributed by atoms with Crippen molar-refractivity contribution >= 4 is 11.6 Å². The number of hydrogen-bond acceptors (Lipinski definition) is 4. The molecule has 1 fully saturated rings. The second kappa shape index (κ2) is 8.45. The molecule has 2 aromatic rings. The highest BCUT2D eigenvalue weighted by Gasteiger charge is 2.33. The average molecular weight is 383 g/mol. The van der Waals surface area contributed by atoms with Crippen molar-refractivity contribution in [1.29, 1.82) is 0 Å². The van der Waals surface area contributed by atoms with Gasteiger partial charge in [0.1, 0.15) is 0 Å². The molecule has 1 amide bonds. The maximum absolute atomic E-state index is 13.0. The van der Waals surface area contributed by atoms with Crippen molar-refractivity contribution in [2.75, 3.05) is 44.3 Å². The number of hydrogen-bond donors (Lipinski definition) is 0. The van der Waals surface area contributed by atoms with Crippen LogP contribution in [0.2, 0.25) is 0 Å². The van der Waals surface area contributed by atoms with Gasteiger partial charge < -0.3 is 9.64 Å². The number of carbonyl (C=O) groups is 1. The number of aryl methyl sites for hydroxylation is 3. The standard InChI is InChI=1S/C22H30N4O2/c1-17-14-18(2)26(23-17)9-5-8-22(27)25-16-19(15-24-10-12-28-13-11-24)20-6-3-4-7-21(20)25/h3-4,6-7,14,19H,5,8-13,15-16H2,1-2H3. The van der Waals surface area contributed by atoms with Crippen LogP contribution in [0.15, 0.2) is 30.3 Å². The van der Waals surface area contributed by atoms with Crippen LogP contribution >= 0.6 is 0 Å². The first-order valence-electron chi connectivity index (χ1n) is 10.3. The number of fused-ring (bicyclic) bond motifs is 1. The van der Waals surface area contributed by atoms with Crippen LogP contribution in [-0.2, 0) is 16.1 Å². The van der Waals surface area contributed by atoms with Crippen molar-refractivity contribution in [3.05, 3.63) is 47.3 Å². The maximum atomic E-state index is 13.0. The molecule has 2 aliphatic heterocycles. The number of aromatic nitrogens is 2. The summed E-state index contributed by atoms with van der Waals surface area (Å²) in [6, 6.07) is 10.5. The number of para-hydroxylation sites is 1. The molecule has 6 nitrogen and oxygen atoms in total. The summed E-state index contributed by atoms with van der Waals surface area (Å²) in [7, 11) is 0. The van der Waals surface area contributed by atoms with Gasteiger partial charge in [-0.05, 0) is 38.0 Å². The van der Waals surface area contributed by atoms with Crippen molar-refractivity contribution in [2.24, 2.45) is 0 Å². The van der Waals surface area contributed by atoms with E-state index in [9.17, 15) is 4.79 Å². The molecule has 1 atom stereocenters. The molecular weight excluding hydrogens is 352 g/mol. The Kier molecular flexibility index (Phi) is 5.78. The highest BCUT2D eigenvalue weighted by atomic mass is 16.5. The fraction of sp³-hybridized carbons (Fsp3) is 0.545. The summed E-state index contributed by atoms with van der Waals surface area (Å²) < 4.78 is 7.47. The number of benzene rings is 1. The Balaban J connectivity index is 1.38. The quantitative estimate of drug-likeness (QED) is 0.771. The number of morpholine rings is 1. The molecule has 4 rings (SSSR count). The largest absolute Gasteiger partial charge is 0.379 e. The van der Waals surface area contributed by atoms with Gasteiger partial charge >= 0.3 is 0 Å². The molecule has 0 bridgehead atoms. The van der Waals surface area contributed by atoms with Crippen molar-refractivity contribution in [2.45, 2.75) is 39.2 Å². The molecule has 28 heavy (non-hydrogen) atoms. The zero-order chi connectivity index (χ0) is 19.5. The van der Waals surface area contributed by atoms with Gasteiger partial charge in [-0.1, -0.05) is 18.2 Å². The van der Waals surface area contributed by atoms with Crippen LogP contribution in [0.5, 0.6) is 0 Å². The van der Waals surface area contributed by atoms with Gasteiger partial charge in [0, 0.05) is 56.4 Å². The van der Waals surface area contributed by atoms with Gasteiger partial charge in [0.15, 0.2) is 0 Å². The van der Waals surface area contributed by atoms with Gasteiger partial charge in [-0.3, -0.25) is 14.4 Å². The minimum absolute atomic E-state index is 0.221. The van der Waals surface area contributed by atoms with E-state index >= 15 is 0 Å². The highest BCUT2D eigenvalue weighted by molar-refractivity contribution is 5.95. The Morgan fingerprint density at radius 3 is 2.75 bits per heavy atom. The lowest BCUT2D eigenvalue weighted by Crippen LogP contribution is -2.40. The van der Waals surface area contributed by atoms with Gasteiger partial charge in [-0.15, -0.1) is 0 Å². The molecule has 3 heterocycles. The predicted octanol–water partition coefficient (Wildman–Crippen LogP) is 2.74. The van der Waals surface area contributed by atoms with Crippen LogP contribution in [0.1, 0.15) is 35.7 Å². The fourth-order valence-electron chi connectivity index (χ4n) is 4.40. The predicted molar refractivity (Wildman–Crippen MR) is 110 cm³/mol. The molecule has 2 aliphatic rings. The molecule has 0 saturated carbocycles. The Hall–Kier alpha value is -2.18. The van der Waals surface area contributed by atoms with Gasteiger partial charge in [-0.25, -0.2) is 0 Å². The van der Waals surface area contributed by atoms with E-state index in [1.807, 2.05) is 22.6 Å². The SMILES string of the molecule is Cc1cc(C)n(CCCC(=O)N2CC(CN3CCOCC3)c3ccccc32)n1. The van der Waals surface area contributed by atoms with Crippen LogP contribution < -0.4 is 4.90 Å². The van der Waals surface area contributed by atoms with Crippen molar-refractivity contribution in [3.63, 3.8) is 0 Å². The second-order valence-corrected chi connectivity index (χ2v) is 7.93. The van der Waals surface area contributed by atoms with E-state index in [1.54, 1.807) is 0 Å². The van der Waals surface area contributed by atoms with Crippen molar-refractivity contribution in [1.82, 2.24) is 14.7 Å². The summed E-state index contributed by atoms with van der Waals surface area (Å²) in [6.07, 6.45) is 1.37. The van der Waals surface area contributed by atoms with E-state index in [0.717, 1.165) is 69.4 Å². The number of ether oxygens (including phenoxy) is 1. The topological polar surface area (TPSA) is 50.6 Å². The molecule has 150 valence electrons. The van der Waals surface area contributed by atoms with Crippen LogP contribution in [0.25, 0.3) is 0 Å². The van der Waals surface area contributed by atoms with E-state index < -0.39 is 0 Å². The van der Waals surface area contributed by atoms with Crippen LogP contribution in [-0.4, -0.2) is 60.0 Å². The third kappa shape index (κ3) is 4.13. The lowest BCUT2D eigenvalue weighted by atomic mass is 10.0. The highest BCUT2D eigenvalue weighted by Crippen LogP contribution is 2.37. The Bertz CT molecular complexity index is 826. The monoisotopic (exact) mass is 382 g/mol. The molecule has 1 aromatic heterocycles. The zero-order valence-corrected chi connectivity index (χ0v) is 16.9. The van der Waals surface area contributed by atoms with E-state index in [2.05, 4.69) is 41.2 Å². The summed E-state index contributed by atoms with van der Waals surface area (Å²) in [5, 5.41) is 4.49. The summed E-state index contributed by atoms with van der Waals surface area (Å²) in [5.41, 5.74) is 4.59. The first kappa shape index (κ1) is 19.2. The molecule has 0 N–H and O–H groups in total. The Morgan fingerprint density at radius 2 is 2.00 bits per heavy atom. The van der Waals surface area contributed by atoms with Crippen LogP contribution in [0.3, 0.4) is 0 Å². The Labute approximate surface area is 167 Å². The van der Waals surface area contributed by atoms with Crippen LogP contribution in [0, 0.1) is 13.8 Å². The smallest absolute Gasteiger partial charge is 0.227 e. The summed E-state index contributed by atoms with van der Waals surface area (Å²) in [4.78, 5) is 17.5. The fourth-order valence-corrected chi connectivity index (χ4v) is 4.40. The zero-order valence-electron chi connectivity index (χ0n) is 16.9. The normalized spacial score (nSPS) is 19.8. The first-order valence-corrected chi connectivity index (χ1v) is 10.3. The minimum Gasteiger partial charge on any atom is -0.379 e. The van der Waals surface area contributed by atoms with E-state index in [4.69, 9.17) is 4.74 Å². The van der Waals surface area contributed by atoms with E-state index in [-0.39, 0.29) is 5.91 Å². The van der Waals surface area contributed by atoms with Crippen molar-refractivity contribution < 1.29 is 9.53 Å². The lowest BCUT2D eigenvalue weighted by molar-refractivity contribution is -0.118. The molecule has 1 unspecified atom stereocenters. The van der Waals surface area contributed by atoms with Crippen molar-refractivity contribution in [3.8, 4) is 0 Å². The number of amides is 1. The lowest BCUT2D eigenvalue weighted by Gasteiger charge is -2.29. The molecule has 0 spiro atoms. The van der Waals surface area contributed by atoms with E-state index in [1.165, 1.54) is 5.56 Å². The molecule has 6 heteroatoms. The molecule has 0 aliphatic carbocycles. The van der Waals surface area contributed by atoms with Gasteiger partial charge in [-0.2, -0.15) is 5.10 Å². The summed E-state index contributed by atoms with van der Waals surface area (Å²) in [6.45, 7) is 10.2. The molecular formula is C22H30N4O2. The second-order valence-electron chi connectivity index (χ2n) is 7.93. The van der Waals surface area contributed by atoms with E-state index in [0.29, 0.717) is 12.3 Å². The molecule has 1 aromatic carbocycles.